The van der Waals surface area contributed by atoms with Crippen molar-refractivity contribution in [1.82, 2.24) is 19.9 Å². The molecule has 0 atom stereocenters. The minimum atomic E-state index is -3.71. The van der Waals surface area contributed by atoms with Gasteiger partial charge in [-0.3, -0.25) is 9.78 Å². The van der Waals surface area contributed by atoms with Crippen molar-refractivity contribution in [3.8, 4) is 0 Å². The summed E-state index contributed by atoms with van der Waals surface area (Å²) in [5, 5.41) is 2.78. The number of nitrogens with zero attached hydrogens (tertiary/aromatic N) is 3. The number of carbonyl (C=O) groups is 1. The summed E-state index contributed by atoms with van der Waals surface area (Å²) in [4.78, 5) is 21.1. The molecule has 150 valence electrons. The molecule has 1 amide bonds. The standard InChI is InChI=1S/C19H25N5O3S/c1-20-28(26,27)18-13-15(19(25)22-14-16-5-3-4-8-21-16)6-7-17(18)24-11-9-23(2)10-12-24/h3-8,13,20H,9-12,14H2,1-2H3,(H,22,25). The minimum absolute atomic E-state index is 0.116. The number of aromatic nitrogens is 1. The second kappa shape index (κ2) is 8.68. The van der Waals surface area contributed by atoms with Crippen molar-refractivity contribution in [3.05, 3.63) is 53.9 Å². The van der Waals surface area contributed by atoms with E-state index in [0.717, 1.165) is 31.9 Å². The van der Waals surface area contributed by atoms with E-state index in [0.29, 0.717) is 11.3 Å². The summed E-state index contributed by atoms with van der Waals surface area (Å²) in [6.45, 7) is 3.44. The van der Waals surface area contributed by atoms with Crippen molar-refractivity contribution in [1.29, 1.82) is 0 Å². The summed E-state index contributed by atoms with van der Waals surface area (Å²) in [7, 11) is -0.301. The monoisotopic (exact) mass is 403 g/mol. The Morgan fingerprint density at radius 1 is 1.14 bits per heavy atom. The van der Waals surface area contributed by atoms with E-state index >= 15 is 0 Å². The molecule has 2 aromatic rings. The minimum Gasteiger partial charge on any atom is -0.368 e. The van der Waals surface area contributed by atoms with Crippen molar-refractivity contribution >= 4 is 21.6 Å². The number of pyridine rings is 1. The Bertz CT molecular complexity index is 926. The number of anilines is 1. The topological polar surface area (TPSA) is 94.6 Å². The van der Waals surface area contributed by atoms with Crippen LogP contribution >= 0.6 is 0 Å². The zero-order valence-corrected chi connectivity index (χ0v) is 16.9. The number of amides is 1. The first-order chi connectivity index (χ1) is 13.4. The fraction of sp³-hybridized carbons (Fsp3) is 0.368. The van der Waals surface area contributed by atoms with Crippen LogP contribution in [0, 0.1) is 0 Å². The number of nitrogens with one attached hydrogen (secondary N) is 2. The molecule has 0 spiro atoms. The molecule has 0 bridgehead atoms. The smallest absolute Gasteiger partial charge is 0.251 e. The van der Waals surface area contributed by atoms with E-state index in [-0.39, 0.29) is 17.3 Å². The van der Waals surface area contributed by atoms with Gasteiger partial charge in [0.2, 0.25) is 10.0 Å². The number of piperazine rings is 1. The molecular formula is C19H25N5O3S. The zero-order chi connectivity index (χ0) is 20.1. The lowest BCUT2D eigenvalue weighted by atomic mass is 10.1. The van der Waals surface area contributed by atoms with E-state index in [1.165, 1.54) is 13.1 Å². The van der Waals surface area contributed by atoms with Crippen molar-refractivity contribution in [2.45, 2.75) is 11.4 Å². The SMILES string of the molecule is CNS(=O)(=O)c1cc(C(=O)NCc2ccccn2)ccc1N1CCN(C)CC1. The fourth-order valence-electron chi connectivity index (χ4n) is 3.06. The first kappa shape index (κ1) is 20.2. The van der Waals surface area contributed by atoms with E-state index in [1.54, 1.807) is 24.4 Å². The van der Waals surface area contributed by atoms with Gasteiger partial charge in [0.15, 0.2) is 0 Å². The number of benzene rings is 1. The third-order valence-electron chi connectivity index (χ3n) is 4.78. The van der Waals surface area contributed by atoms with Gasteiger partial charge in [0.25, 0.3) is 5.91 Å². The van der Waals surface area contributed by atoms with Gasteiger partial charge < -0.3 is 15.1 Å². The molecule has 9 heteroatoms. The summed E-state index contributed by atoms with van der Waals surface area (Å²) in [5.74, 6) is -0.344. The molecule has 3 rings (SSSR count). The maximum Gasteiger partial charge on any atom is 0.251 e. The normalized spacial score (nSPS) is 15.4. The maximum absolute atomic E-state index is 12.6. The molecule has 1 aliphatic rings. The lowest BCUT2D eigenvalue weighted by molar-refractivity contribution is 0.0950. The summed E-state index contributed by atoms with van der Waals surface area (Å²) in [6, 6.07) is 10.3. The Morgan fingerprint density at radius 3 is 2.54 bits per heavy atom. The summed E-state index contributed by atoms with van der Waals surface area (Å²) >= 11 is 0. The molecule has 2 N–H and O–H groups in total. The highest BCUT2D eigenvalue weighted by Crippen LogP contribution is 2.27. The molecule has 0 saturated carbocycles. The maximum atomic E-state index is 12.6. The van der Waals surface area contributed by atoms with Gasteiger partial charge in [-0.1, -0.05) is 6.07 Å². The highest BCUT2D eigenvalue weighted by atomic mass is 32.2. The number of carbonyl (C=O) groups excluding carboxylic acids is 1. The van der Waals surface area contributed by atoms with Crippen LogP contribution in [0.5, 0.6) is 0 Å². The molecule has 1 aromatic heterocycles. The Kier molecular flexibility index (Phi) is 6.28. The number of likely N-dealkylation sites (N-methyl/N-ethyl adjacent to an activating group) is 1. The number of hydrogen-bond acceptors (Lipinski definition) is 6. The van der Waals surface area contributed by atoms with Gasteiger partial charge in [0.1, 0.15) is 4.90 Å². The van der Waals surface area contributed by atoms with Crippen LogP contribution in [-0.2, 0) is 16.6 Å². The summed E-state index contributed by atoms with van der Waals surface area (Å²) < 4.78 is 27.5. The van der Waals surface area contributed by atoms with E-state index < -0.39 is 10.0 Å². The van der Waals surface area contributed by atoms with E-state index in [1.807, 2.05) is 24.1 Å². The molecule has 28 heavy (non-hydrogen) atoms. The number of sulfonamides is 1. The molecule has 0 radical (unpaired) electrons. The molecular weight excluding hydrogens is 378 g/mol. The number of rotatable bonds is 6. The molecule has 1 aromatic carbocycles. The summed E-state index contributed by atoms with van der Waals surface area (Å²) in [5.41, 5.74) is 1.64. The molecule has 2 heterocycles. The second-order valence-corrected chi connectivity index (χ2v) is 8.54. The quantitative estimate of drug-likeness (QED) is 0.736. The lowest BCUT2D eigenvalue weighted by Crippen LogP contribution is -2.45. The van der Waals surface area contributed by atoms with Crippen molar-refractivity contribution in [3.63, 3.8) is 0 Å². The van der Waals surface area contributed by atoms with Gasteiger partial charge in [-0.15, -0.1) is 0 Å². The number of hydrogen-bond donors (Lipinski definition) is 2. The Morgan fingerprint density at radius 2 is 1.89 bits per heavy atom. The Balaban J connectivity index is 1.85. The first-order valence-electron chi connectivity index (χ1n) is 9.10. The van der Waals surface area contributed by atoms with Crippen LogP contribution in [-0.4, -0.2) is 64.5 Å². The van der Waals surface area contributed by atoms with Gasteiger partial charge in [-0.25, -0.2) is 13.1 Å². The van der Waals surface area contributed by atoms with Gasteiger partial charge >= 0.3 is 0 Å². The first-order valence-corrected chi connectivity index (χ1v) is 10.6. The van der Waals surface area contributed by atoms with E-state index in [2.05, 4.69) is 19.9 Å². The predicted molar refractivity (Wildman–Crippen MR) is 108 cm³/mol. The third kappa shape index (κ3) is 4.67. The van der Waals surface area contributed by atoms with Crippen LogP contribution in [0.1, 0.15) is 16.1 Å². The van der Waals surface area contributed by atoms with Gasteiger partial charge in [-0.2, -0.15) is 0 Å². The highest BCUT2D eigenvalue weighted by Gasteiger charge is 2.24. The predicted octanol–water partition coefficient (Wildman–Crippen LogP) is 0.671. The van der Waals surface area contributed by atoms with Gasteiger partial charge in [0, 0.05) is 37.9 Å². The van der Waals surface area contributed by atoms with Crippen molar-refractivity contribution in [2.75, 3.05) is 45.2 Å². The van der Waals surface area contributed by atoms with E-state index in [9.17, 15) is 13.2 Å². The molecule has 1 saturated heterocycles. The summed E-state index contributed by atoms with van der Waals surface area (Å²) in [6.07, 6.45) is 1.66. The average Bonchev–Trinajstić information content (AvgIpc) is 2.73. The van der Waals surface area contributed by atoms with Crippen LogP contribution in [0.15, 0.2) is 47.5 Å². The molecule has 8 nitrogen and oxygen atoms in total. The van der Waals surface area contributed by atoms with Gasteiger partial charge in [-0.05, 0) is 44.4 Å². The molecule has 1 aliphatic heterocycles. The van der Waals surface area contributed by atoms with Crippen LogP contribution in [0.4, 0.5) is 5.69 Å². The van der Waals surface area contributed by atoms with Crippen LogP contribution in [0.25, 0.3) is 0 Å². The second-order valence-electron chi connectivity index (χ2n) is 6.68. The molecule has 0 unspecified atom stereocenters. The van der Waals surface area contributed by atoms with Crippen LogP contribution in [0.2, 0.25) is 0 Å². The third-order valence-corrected chi connectivity index (χ3v) is 6.22. The Labute approximate surface area is 165 Å². The van der Waals surface area contributed by atoms with Crippen LogP contribution < -0.4 is 14.9 Å². The van der Waals surface area contributed by atoms with Gasteiger partial charge in [0.05, 0.1) is 17.9 Å². The van der Waals surface area contributed by atoms with E-state index in [4.69, 9.17) is 0 Å². The Hall–Kier alpha value is -2.49. The fourth-order valence-corrected chi connectivity index (χ4v) is 4.04. The van der Waals surface area contributed by atoms with Crippen LogP contribution in [0.3, 0.4) is 0 Å². The van der Waals surface area contributed by atoms with Crippen molar-refractivity contribution < 1.29 is 13.2 Å². The lowest BCUT2D eigenvalue weighted by Gasteiger charge is -2.35. The largest absolute Gasteiger partial charge is 0.368 e. The van der Waals surface area contributed by atoms with Crippen molar-refractivity contribution in [2.24, 2.45) is 0 Å². The highest BCUT2D eigenvalue weighted by molar-refractivity contribution is 7.89. The zero-order valence-electron chi connectivity index (χ0n) is 16.1. The average molecular weight is 404 g/mol. The molecule has 1 fully saturated rings. The molecule has 0 aliphatic carbocycles.